The molecule has 2 aromatic rings. The van der Waals surface area contributed by atoms with E-state index in [-0.39, 0.29) is 17.6 Å². The summed E-state index contributed by atoms with van der Waals surface area (Å²) < 4.78 is 8.11. The molecule has 2 aliphatic carbocycles. The second-order valence-electron chi connectivity index (χ2n) is 9.25. The van der Waals surface area contributed by atoms with Gasteiger partial charge in [-0.15, -0.1) is 0 Å². The highest BCUT2D eigenvalue weighted by Crippen LogP contribution is 2.44. The van der Waals surface area contributed by atoms with Crippen LogP contribution in [0.4, 0.5) is 0 Å². The summed E-state index contributed by atoms with van der Waals surface area (Å²) in [7, 11) is 0. The van der Waals surface area contributed by atoms with Crippen molar-refractivity contribution in [2.24, 2.45) is 11.8 Å². The van der Waals surface area contributed by atoms with Crippen LogP contribution in [0, 0.1) is 25.7 Å². The monoisotopic (exact) mass is 370 g/mol. The highest BCUT2D eigenvalue weighted by molar-refractivity contribution is 5.98. The van der Waals surface area contributed by atoms with Gasteiger partial charge in [-0.25, -0.2) is 9.97 Å². The van der Waals surface area contributed by atoms with Gasteiger partial charge in [-0.1, -0.05) is 0 Å². The van der Waals surface area contributed by atoms with Gasteiger partial charge in [-0.3, -0.25) is 9.20 Å². The van der Waals surface area contributed by atoms with Crippen LogP contribution in [0.25, 0.3) is 5.65 Å². The summed E-state index contributed by atoms with van der Waals surface area (Å²) in [4.78, 5) is 21.9. The molecule has 146 valence electrons. The molecule has 2 aromatic heterocycles. The molecule has 27 heavy (non-hydrogen) atoms. The molecule has 2 aliphatic rings. The summed E-state index contributed by atoms with van der Waals surface area (Å²) in [6.45, 7) is 10.3. The summed E-state index contributed by atoms with van der Waals surface area (Å²) in [5.74, 6) is 0.878. The number of amides is 1. The lowest BCUT2D eigenvalue weighted by atomic mass is 9.82. The number of imidazole rings is 1. The van der Waals surface area contributed by atoms with Crippen LogP contribution >= 0.6 is 0 Å². The van der Waals surface area contributed by atoms with Crippen molar-refractivity contribution in [3.8, 4) is 0 Å². The van der Waals surface area contributed by atoms with Gasteiger partial charge >= 0.3 is 0 Å². The zero-order valence-corrected chi connectivity index (χ0v) is 17.0. The number of aromatic nitrogens is 3. The van der Waals surface area contributed by atoms with Crippen LogP contribution in [-0.2, 0) is 4.74 Å². The zero-order valence-electron chi connectivity index (χ0n) is 17.0. The molecular formula is C21H30N4O2. The second-order valence-corrected chi connectivity index (χ2v) is 9.25. The molecule has 4 rings (SSSR count). The summed E-state index contributed by atoms with van der Waals surface area (Å²) in [5.41, 5.74) is 2.88. The van der Waals surface area contributed by atoms with Crippen molar-refractivity contribution in [1.82, 2.24) is 19.7 Å². The number of carbonyl (C=O) groups is 1. The molecule has 1 N–H and O–H groups in total. The molecule has 0 aliphatic heterocycles. The first-order valence-corrected chi connectivity index (χ1v) is 10.0. The molecule has 2 bridgehead atoms. The molecule has 6 nitrogen and oxygen atoms in total. The van der Waals surface area contributed by atoms with Crippen molar-refractivity contribution in [1.29, 1.82) is 0 Å². The normalized spacial score (nSPS) is 27.9. The Morgan fingerprint density at radius 3 is 2.52 bits per heavy atom. The topological polar surface area (TPSA) is 68.5 Å². The maximum Gasteiger partial charge on any atom is 0.274 e. The Hall–Kier alpha value is -1.95. The van der Waals surface area contributed by atoms with Gasteiger partial charge in [0.1, 0.15) is 6.33 Å². The number of nitrogens with zero attached hydrogens (tertiary/aromatic N) is 3. The van der Waals surface area contributed by atoms with Crippen LogP contribution < -0.4 is 5.32 Å². The maximum atomic E-state index is 13.0. The molecule has 2 heterocycles. The molecule has 0 aromatic carbocycles. The smallest absolute Gasteiger partial charge is 0.274 e. The fraction of sp³-hybridized carbons (Fsp3) is 0.667. The van der Waals surface area contributed by atoms with E-state index in [0.717, 1.165) is 24.2 Å². The van der Waals surface area contributed by atoms with Crippen molar-refractivity contribution in [3.63, 3.8) is 0 Å². The molecule has 0 saturated heterocycles. The second kappa shape index (κ2) is 6.59. The van der Waals surface area contributed by atoms with Gasteiger partial charge in [-0.05, 0) is 78.2 Å². The Morgan fingerprint density at radius 1 is 1.22 bits per heavy atom. The number of carbonyl (C=O) groups excluding carboxylic acids is 1. The Labute approximate surface area is 160 Å². The molecule has 6 heteroatoms. The molecule has 0 spiro atoms. The van der Waals surface area contributed by atoms with Crippen molar-refractivity contribution in [3.05, 3.63) is 29.5 Å². The van der Waals surface area contributed by atoms with E-state index in [1.807, 2.05) is 24.3 Å². The minimum absolute atomic E-state index is 0.105. The predicted octanol–water partition coefficient (Wildman–Crippen LogP) is 3.45. The van der Waals surface area contributed by atoms with Crippen LogP contribution in [0.5, 0.6) is 0 Å². The first-order chi connectivity index (χ1) is 12.7. The Balaban J connectivity index is 1.50. The number of ether oxygens (including phenoxy) is 1. The molecule has 4 atom stereocenters. The lowest BCUT2D eigenvalue weighted by Crippen LogP contribution is -2.47. The highest BCUT2D eigenvalue weighted by Gasteiger charge is 2.44. The average molecular weight is 370 g/mol. The number of hydrogen-bond donors (Lipinski definition) is 1. The van der Waals surface area contributed by atoms with E-state index in [9.17, 15) is 4.79 Å². The number of hydrogen-bond acceptors (Lipinski definition) is 4. The SMILES string of the molecule is Cc1cc(C)n2cnc(C(=O)NC3C4CC[C@H]3CC(OC(C)(C)C)C4)c2n1. The van der Waals surface area contributed by atoms with E-state index in [1.165, 1.54) is 12.8 Å². The van der Waals surface area contributed by atoms with E-state index in [1.54, 1.807) is 6.33 Å². The van der Waals surface area contributed by atoms with Crippen LogP contribution in [0.3, 0.4) is 0 Å². The van der Waals surface area contributed by atoms with Crippen LogP contribution in [0.1, 0.15) is 68.3 Å². The van der Waals surface area contributed by atoms with E-state index < -0.39 is 0 Å². The molecule has 1 amide bonds. The van der Waals surface area contributed by atoms with Gasteiger partial charge in [-0.2, -0.15) is 0 Å². The number of rotatable bonds is 3. The third-order valence-corrected chi connectivity index (χ3v) is 5.91. The largest absolute Gasteiger partial charge is 0.373 e. The van der Waals surface area contributed by atoms with Gasteiger partial charge in [0.15, 0.2) is 11.3 Å². The minimum atomic E-state index is -0.114. The number of aryl methyl sites for hydroxylation is 2. The van der Waals surface area contributed by atoms with E-state index in [2.05, 4.69) is 36.1 Å². The van der Waals surface area contributed by atoms with E-state index in [0.29, 0.717) is 29.3 Å². The van der Waals surface area contributed by atoms with Crippen LogP contribution in [0.15, 0.2) is 12.4 Å². The average Bonchev–Trinajstić information content (AvgIpc) is 3.05. The molecule has 2 fully saturated rings. The van der Waals surface area contributed by atoms with Gasteiger partial charge in [0, 0.05) is 17.4 Å². The lowest BCUT2D eigenvalue weighted by molar-refractivity contribution is -0.0875. The third-order valence-electron chi connectivity index (χ3n) is 5.91. The Bertz CT molecular complexity index is 853. The van der Waals surface area contributed by atoms with Gasteiger partial charge in [0.25, 0.3) is 5.91 Å². The number of fused-ring (bicyclic) bond motifs is 3. The standard InChI is InChI=1S/C21H30N4O2/c1-12-8-13(2)25-11-22-18(19(25)23-12)20(26)24-17-14-6-7-15(17)10-16(9-14)27-21(3,4)5/h8,11,14-17H,6-7,9-10H2,1-5H3,(H,24,26)/t14-,15?,16?,17?/m0/s1. The maximum absolute atomic E-state index is 13.0. The van der Waals surface area contributed by atoms with Crippen LogP contribution in [-0.4, -0.2) is 38.0 Å². The van der Waals surface area contributed by atoms with Crippen molar-refractivity contribution < 1.29 is 9.53 Å². The summed E-state index contributed by atoms with van der Waals surface area (Å²) in [6, 6.07) is 2.22. The molecule has 0 radical (unpaired) electrons. The van der Waals surface area contributed by atoms with Gasteiger partial charge in [0.05, 0.1) is 11.7 Å². The first kappa shape index (κ1) is 18.4. The van der Waals surface area contributed by atoms with Gasteiger partial charge in [0.2, 0.25) is 0 Å². The first-order valence-electron chi connectivity index (χ1n) is 10.0. The summed E-state index contributed by atoms with van der Waals surface area (Å²) in [6.07, 6.45) is 6.38. The predicted molar refractivity (Wildman–Crippen MR) is 104 cm³/mol. The quantitative estimate of drug-likeness (QED) is 0.898. The number of nitrogens with one attached hydrogen (secondary N) is 1. The highest BCUT2D eigenvalue weighted by atomic mass is 16.5. The minimum Gasteiger partial charge on any atom is -0.373 e. The van der Waals surface area contributed by atoms with Crippen LogP contribution in [0.2, 0.25) is 0 Å². The van der Waals surface area contributed by atoms with E-state index in [4.69, 9.17) is 4.74 Å². The van der Waals surface area contributed by atoms with E-state index >= 15 is 0 Å². The molecule has 2 saturated carbocycles. The third kappa shape index (κ3) is 3.59. The summed E-state index contributed by atoms with van der Waals surface area (Å²) >= 11 is 0. The Morgan fingerprint density at radius 2 is 1.89 bits per heavy atom. The molecular weight excluding hydrogens is 340 g/mol. The van der Waals surface area contributed by atoms with Crippen molar-refractivity contribution in [2.45, 2.75) is 78.0 Å². The molecule has 3 unspecified atom stereocenters. The lowest BCUT2D eigenvalue weighted by Gasteiger charge is -2.38. The fourth-order valence-corrected chi connectivity index (χ4v) is 4.96. The van der Waals surface area contributed by atoms with Gasteiger partial charge < -0.3 is 10.1 Å². The zero-order chi connectivity index (χ0) is 19.3. The van der Waals surface area contributed by atoms with Crippen molar-refractivity contribution >= 4 is 11.6 Å². The Kier molecular flexibility index (Phi) is 4.49. The van der Waals surface area contributed by atoms with Crippen molar-refractivity contribution in [2.75, 3.05) is 0 Å². The fourth-order valence-electron chi connectivity index (χ4n) is 4.96. The summed E-state index contributed by atoms with van der Waals surface area (Å²) in [5, 5.41) is 3.29.